The number of halogens is 1. The zero-order valence-electron chi connectivity index (χ0n) is 18.8. The maximum Gasteiger partial charge on any atom is 0.349 e. The summed E-state index contributed by atoms with van der Waals surface area (Å²) >= 11 is 5.88. The number of para-hydroxylation sites is 1. The summed E-state index contributed by atoms with van der Waals surface area (Å²) in [5.41, 5.74) is 0.325. The predicted molar refractivity (Wildman–Crippen MR) is 141 cm³/mol. The first-order chi connectivity index (χ1) is 17.5. The lowest BCUT2D eigenvalue weighted by molar-refractivity contribution is -0.118. The Morgan fingerprint density at radius 1 is 0.944 bits per heavy atom. The van der Waals surface area contributed by atoms with Crippen molar-refractivity contribution >= 4 is 51.1 Å². The average molecular weight is 499 g/mol. The number of carbonyl (C=O) groups excluding carboxylic acids is 1. The molecule has 0 radical (unpaired) electrons. The number of aromatic amines is 1. The number of amides is 1. The van der Waals surface area contributed by atoms with Gasteiger partial charge in [-0.05, 0) is 53.2 Å². The molecule has 0 spiro atoms. The summed E-state index contributed by atoms with van der Waals surface area (Å²) in [5.74, 6) is 0.00420. The molecular weight excluding hydrogens is 480 g/mol. The second-order valence-corrected chi connectivity index (χ2v) is 8.32. The number of nitrogens with zero attached hydrogens (tertiary/aromatic N) is 2. The van der Waals surface area contributed by atoms with Crippen LogP contribution >= 0.6 is 11.6 Å². The van der Waals surface area contributed by atoms with Gasteiger partial charge in [-0.1, -0.05) is 54.1 Å². The van der Waals surface area contributed by atoms with Gasteiger partial charge in [0, 0.05) is 16.3 Å². The Morgan fingerprint density at radius 3 is 2.47 bits per heavy atom. The summed E-state index contributed by atoms with van der Waals surface area (Å²) < 4.78 is 6.58. The minimum absolute atomic E-state index is 0.266. The van der Waals surface area contributed by atoms with Gasteiger partial charge >= 0.3 is 5.69 Å². The quantitative estimate of drug-likeness (QED) is 0.338. The summed E-state index contributed by atoms with van der Waals surface area (Å²) in [4.78, 5) is 40.5. The maximum absolute atomic E-state index is 12.9. The smallest absolute Gasteiger partial charge is 0.349 e. The molecule has 178 valence electrons. The van der Waals surface area contributed by atoms with Crippen LogP contribution < -0.4 is 21.3 Å². The largest absolute Gasteiger partial charge is 0.483 e. The molecule has 2 N–H and O–H groups in total. The molecule has 0 saturated carbocycles. The van der Waals surface area contributed by atoms with Gasteiger partial charge in [-0.15, -0.1) is 4.68 Å². The van der Waals surface area contributed by atoms with Gasteiger partial charge in [0.05, 0.1) is 17.1 Å². The second kappa shape index (κ2) is 9.89. The topological polar surface area (TPSA) is 106 Å². The van der Waals surface area contributed by atoms with Gasteiger partial charge in [0.15, 0.2) is 6.61 Å². The Hall–Kier alpha value is -4.69. The van der Waals surface area contributed by atoms with Crippen molar-refractivity contribution < 1.29 is 9.53 Å². The van der Waals surface area contributed by atoms with Gasteiger partial charge in [0.1, 0.15) is 5.75 Å². The molecule has 0 atom stereocenters. The zero-order chi connectivity index (χ0) is 25.1. The SMILES string of the molecule is O=C(COc1ccc2ccccc2c1C=Nn1c(=O)[nH]c2ccccc2c1=O)Nc1ccc(Cl)cc1. The van der Waals surface area contributed by atoms with E-state index in [-0.39, 0.29) is 12.5 Å². The molecule has 8 nitrogen and oxygen atoms in total. The van der Waals surface area contributed by atoms with E-state index in [9.17, 15) is 14.4 Å². The van der Waals surface area contributed by atoms with Crippen LogP contribution in [0.3, 0.4) is 0 Å². The number of nitrogens with one attached hydrogen (secondary N) is 2. The maximum atomic E-state index is 12.9. The van der Waals surface area contributed by atoms with Crippen LogP contribution in [0.4, 0.5) is 5.69 Å². The Kier molecular flexibility index (Phi) is 6.34. The highest BCUT2D eigenvalue weighted by atomic mass is 35.5. The number of fused-ring (bicyclic) bond motifs is 2. The van der Waals surface area contributed by atoms with Crippen LogP contribution in [-0.4, -0.2) is 28.4 Å². The van der Waals surface area contributed by atoms with E-state index in [1.807, 2.05) is 30.3 Å². The molecule has 36 heavy (non-hydrogen) atoms. The molecule has 0 fully saturated rings. The third-order valence-electron chi connectivity index (χ3n) is 5.50. The predicted octanol–water partition coefficient (Wildman–Crippen LogP) is 4.40. The summed E-state index contributed by atoms with van der Waals surface area (Å²) in [5, 5.41) is 9.50. The Bertz CT molecular complexity index is 1740. The van der Waals surface area contributed by atoms with Crippen LogP contribution in [0.15, 0.2) is 99.6 Å². The van der Waals surface area contributed by atoms with Crippen LogP contribution in [-0.2, 0) is 4.79 Å². The molecule has 1 amide bonds. The van der Waals surface area contributed by atoms with E-state index in [1.54, 1.807) is 54.6 Å². The number of hydrogen-bond acceptors (Lipinski definition) is 5. The monoisotopic (exact) mass is 498 g/mol. The molecular formula is C27H19ClN4O4. The summed E-state index contributed by atoms with van der Waals surface area (Å²) in [6.07, 6.45) is 1.39. The van der Waals surface area contributed by atoms with Gasteiger partial charge in [-0.2, -0.15) is 5.10 Å². The van der Waals surface area contributed by atoms with E-state index < -0.39 is 11.2 Å². The normalized spacial score (nSPS) is 11.2. The van der Waals surface area contributed by atoms with E-state index >= 15 is 0 Å². The van der Waals surface area contributed by atoms with E-state index in [2.05, 4.69) is 15.4 Å². The third kappa shape index (κ3) is 4.75. The Balaban J connectivity index is 1.47. The van der Waals surface area contributed by atoms with Crippen LogP contribution in [0.2, 0.25) is 5.02 Å². The van der Waals surface area contributed by atoms with E-state index in [1.165, 1.54) is 6.21 Å². The number of hydrogen-bond donors (Lipinski definition) is 2. The van der Waals surface area contributed by atoms with Crippen molar-refractivity contribution in [1.82, 2.24) is 9.66 Å². The molecule has 1 aromatic heterocycles. The summed E-state index contributed by atoms with van der Waals surface area (Å²) in [6.45, 7) is -0.266. The van der Waals surface area contributed by atoms with Crippen LogP contribution in [0.5, 0.6) is 5.75 Å². The van der Waals surface area contributed by atoms with E-state index in [0.717, 1.165) is 15.4 Å². The number of benzene rings is 4. The zero-order valence-corrected chi connectivity index (χ0v) is 19.5. The highest BCUT2D eigenvalue weighted by Crippen LogP contribution is 2.27. The molecule has 5 rings (SSSR count). The fraction of sp³-hybridized carbons (Fsp3) is 0.0370. The van der Waals surface area contributed by atoms with Crippen LogP contribution in [0.25, 0.3) is 21.7 Å². The van der Waals surface area contributed by atoms with Gasteiger partial charge in [0.2, 0.25) is 0 Å². The lowest BCUT2D eigenvalue weighted by Gasteiger charge is -2.12. The van der Waals surface area contributed by atoms with Crippen molar-refractivity contribution in [3.8, 4) is 5.75 Å². The van der Waals surface area contributed by atoms with Crippen LogP contribution in [0, 0.1) is 0 Å². The van der Waals surface area contributed by atoms with E-state index in [0.29, 0.717) is 32.9 Å². The number of anilines is 1. The number of aromatic nitrogens is 2. The highest BCUT2D eigenvalue weighted by molar-refractivity contribution is 6.30. The molecule has 5 aromatic rings. The first-order valence-electron chi connectivity index (χ1n) is 11.0. The molecule has 0 aliphatic carbocycles. The summed E-state index contributed by atoms with van der Waals surface area (Å²) in [7, 11) is 0. The fourth-order valence-corrected chi connectivity index (χ4v) is 3.91. The van der Waals surface area contributed by atoms with Gasteiger partial charge in [-0.25, -0.2) is 4.79 Å². The molecule has 0 saturated heterocycles. The van der Waals surface area contributed by atoms with E-state index in [4.69, 9.17) is 16.3 Å². The first-order valence-corrected chi connectivity index (χ1v) is 11.4. The number of rotatable bonds is 6. The number of carbonyl (C=O) groups is 1. The van der Waals surface area contributed by atoms with Crippen molar-refractivity contribution in [1.29, 1.82) is 0 Å². The lowest BCUT2D eigenvalue weighted by atomic mass is 10.0. The molecule has 0 bridgehead atoms. The molecule has 0 unspecified atom stereocenters. The van der Waals surface area contributed by atoms with Gasteiger partial charge < -0.3 is 15.0 Å². The summed E-state index contributed by atoms with van der Waals surface area (Å²) in [6, 6.07) is 24.5. The number of H-pyrrole nitrogens is 1. The van der Waals surface area contributed by atoms with Gasteiger partial charge in [0.25, 0.3) is 11.5 Å². The molecule has 0 aliphatic heterocycles. The van der Waals surface area contributed by atoms with Gasteiger partial charge in [-0.3, -0.25) is 9.59 Å². The van der Waals surface area contributed by atoms with Crippen molar-refractivity contribution in [3.63, 3.8) is 0 Å². The molecule has 4 aromatic carbocycles. The molecule has 9 heteroatoms. The molecule has 1 heterocycles. The average Bonchev–Trinajstić information content (AvgIpc) is 2.89. The highest BCUT2D eigenvalue weighted by Gasteiger charge is 2.11. The Morgan fingerprint density at radius 2 is 1.67 bits per heavy atom. The minimum Gasteiger partial charge on any atom is -0.483 e. The standard InChI is InChI=1S/C27H19ClN4O4/c28-18-10-12-19(13-11-18)30-25(33)16-36-24-14-9-17-5-1-2-6-20(17)22(24)15-29-32-26(34)21-7-3-4-8-23(21)31-27(32)35/h1-15H,16H2,(H,30,33)(H,31,35). The fourth-order valence-electron chi connectivity index (χ4n) is 3.78. The number of ether oxygens (including phenoxy) is 1. The first kappa shape index (κ1) is 23.1. The lowest BCUT2D eigenvalue weighted by Crippen LogP contribution is -2.32. The van der Waals surface area contributed by atoms with Crippen LogP contribution in [0.1, 0.15) is 5.56 Å². The van der Waals surface area contributed by atoms with Crippen molar-refractivity contribution in [2.24, 2.45) is 5.10 Å². The Labute approximate surface area is 209 Å². The minimum atomic E-state index is -0.667. The second-order valence-electron chi connectivity index (χ2n) is 7.88. The van der Waals surface area contributed by atoms with Crippen molar-refractivity contribution in [2.45, 2.75) is 0 Å². The third-order valence-corrected chi connectivity index (χ3v) is 5.76. The van der Waals surface area contributed by atoms with Crippen molar-refractivity contribution in [2.75, 3.05) is 11.9 Å². The van der Waals surface area contributed by atoms with Crippen molar-refractivity contribution in [3.05, 3.63) is 116 Å². The molecule has 0 aliphatic rings.